The van der Waals surface area contributed by atoms with Crippen LogP contribution in [0.25, 0.3) is 0 Å². The van der Waals surface area contributed by atoms with Gasteiger partial charge in [0, 0.05) is 24.5 Å². The van der Waals surface area contributed by atoms with Crippen molar-refractivity contribution < 1.29 is 4.39 Å². The number of nitrogens with zero attached hydrogens (tertiary/aromatic N) is 1. The van der Waals surface area contributed by atoms with E-state index in [1.165, 1.54) is 19.3 Å². The van der Waals surface area contributed by atoms with Gasteiger partial charge in [0.1, 0.15) is 5.67 Å². The van der Waals surface area contributed by atoms with Crippen molar-refractivity contribution in [2.75, 3.05) is 6.54 Å². The van der Waals surface area contributed by atoms with Gasteiger partial charge in [-0.15, -0.1) is 0 Å². The highest BCUT2D eigenvalue weighted by Gasteiger charge is 2.47. The van der Waals surface area contributed by atoms with Gasteiger partial charge in [-0.2, -0.15) is 0 Å². The van der Waals surface area contributed by atoms with Crippen LogP contribution in [-0.4, -0.2) is 29.2 Å². The Bertz CT molecular complexity index is 225. The Morgan fingerprint density at radius 3 is 2.60 bits per heavy atom. The van der Waals surface area contributed by atoms with Gasteiger partial charge < -0.3 is 0 Å². The largest absolute Gasteiger partial charge is 0.297 e. The Hall–Kier alpha value is -0.110. The molecule has 2 heteroatoms. The summed E-state index contributed by atoms with van der Waals surface area (Å²) in [6.45, 7) is 7.26. The van der Waals surface area contributed by atoms with E-state index in [9.17, 15) is 4.39 Å². The zero-order valence-electron chi connectivity index (χ0n) is 10.3. The van der Waals surface area contributed by atoms with E-state index in [0.29, 0.717) is 18.0 Å². The lowest BCUT2D eigenvalue weighted by molar-refractivity contribution is -0.0642. The number of hydrogen-bond donors (Lipinski definition) is 0. The van der Waals surface area contributed by atoms with Crippen LogP contribution in [0, 0.1) is 5.92 Å². The predicted molar refractivity (Wildman–Crippen MR) is 61.7 cm³/mol. The van der Waals surface area contributed by atoms with E-state index in [2.05, 4.69) is 18.7 Å². The van der Waals surface area contributed by atoms with Gasteiger partial charge in [-0.3, -0.25) is 4.90 Å². The minimum absolute atomic E-state index is 0.294. The molecule has 1 saturated heterocycles. The Balaban J connectivity index is 2.16. The summed E-state index contributed by atoms with van der Waals surface area (Å²) in [7, 11) is 0. The first-order chi connectivity index (χ1) is 7.02. The number of rotatable bonds is 1. The second kappa shape index (κ2) is 4.04. The van der Waals surface area contributed by atoms with E-state index in [0.717, 1.165) is 19.4 Å². The molecule has 1 heterocycles. The number of halogens is 1. The fourth-order valence-corrected chi connectivity index (χ4v) is 3.55. The van der Waals surface area contributed by atoms with Crippen LogP contribution >= 0.6 is 0 Å². The van der Waals surface area contributed by atoms with Crippen LogP contribution in [-0.2, 0) is 0 Å². The highest BCUT2D eigenvalue weighted by Crippen LogP contribution is 2.43. The van der Waals surface area contributed by atoms with Crippen LogP contribution in [0.3, 0.4) is 0 Å². The number of fused-ring (bicyclic) bond motifs is 1. The molecule has 0 radical (unpaired) electrons. The maximum Gasteiger partial charge on any atom is 0.113 e. The number of alkyl halides is 1. The van der Waals surface area contributed by atoms with Crippen LogP contribution in [0.2, 0.25) is 0 Å². The zero-order valence-corrected chi connectivity index (χ0v) is 10.3. The van der Waals surface area contributed by atoms with Crippen LogP contribution < -0.4 is 0 Å². The van der Waals surface area contributed by atoms with Gasteiger partial charge in [-0.05, 0) is 40.0 Å². The molecule has 2 rings (SSSR count). The summed E-state index contributed by atoms with van der Waals surface area (Å²) < 4.78 is 14.4. The summed E-state index contributed by atoms with van der Waals surface area (Å²) in [5, 5.41) is 0. The summed E-state index contributed by atoms with van der Waals surface area (Å²) in [5.41, 5.74) is -0.906. The van der Waals surface area contributed by atoms with E-state index in [4.69, 9.17) is 0 Å². The van der Waals surface area contributed by atoms with E-state index in [-0.39, 0.29) is 0 Å². The standard InChI is InChI=1S/C13H24FN/c1-10(2)15-9-8-13(3,14)11-6-4-5-7-12(11)15/h10-12H,4-9H2,1-3H3. The minimum Gasteiger partial charge on any atom is -0.297 e. The molecule has 0 aromatic carbocycles. The SMILES string of the molecule is CC(C)N1CCC(C)(F)C2CCCCC21. The van der Waals surface area contributed by atoms with Crippen molar-refractivity contribution >= 4 is 0 Å². The van der Waals surface area contributed by atoms with Gasteiger partial charge in [0.2, 0.25) is 0 Å². The number of likely N-dealkylation sites (tertiary alicyclic amines) is 1. The zero-order chi connectivity index (χ0) is 11.1. The molecule has 0 bridgehead atoms. The molecule has 3 unspecified atom stereocenters. The highest BCUT2D eigenvalue weighted by molar-refractivity contribution is 4.99. The van der Waals surface area contributed by atoms with Crippen molar-refractivity contribution in [1.29, 1.82) is 0 Å². The van der Waals surface area contributed by atoms with Crippen LogP contribution in [0.4, 0.5) is 4.39 Å². The van der Waals surface area contributed by atoms with E-state index in [1.807, 2.05) is 6.92 Å². The average Bonchev–Trinajstić information content (AvgIpc) is 2.17. The lowest BCUT2D eigenvalue weighted by Crippen LogP contribution is -2.57. The first-order valence-corrected chi connectivity index (χ1v) is 6.47. The lowest BCUT2D eigenvalue weighted by Gasteiger charge is -2.51. The summed E-state index contributed by atoms with van der Waals surface area (Å²) in [6, 6.07) is 1.09. The first-order valence-electron chi connectivity index (χ1n) is 6.47. The Morgan fingerprint density at radius 2 is 1.93 bits per heavy atom. The van der Waals surface area contributed by atoms with Gasteiger partial charge in [0.05, 0.1) is 0 Å². The molecule has 0 N–H and O–H groups in total. The normalized spacial score (nSPS) is 43.0. The van der Waals surface area contributed by atoms with Crippen molar-refractivity contribution in [2.24, 2.45) is 5.92 Å². The van der Waals surface area contributed by atoms with Gasteiger partial charge in [-0.25, -0.2) is 4.39 Å². The lowest BCUT2D eigenvalue weighted by atomic mass is 9.70. The summed E-state index contributed by atoms with van der Waals surface area (Å²) in [4.78, 5) is 2.53. The molecular weight excluding hydrogens is 189 g/mol. The molecule has 2 fully saturated rings. The fraction of sp³-hybridized carbons (Fsp3) is 1.00. The van der Waals surface area contributed by atoms with Gasteiger partial charge in [0.15, 0.2) is 0 Å². The average molecular weight is 213 g/mol. The second-order valence-electron chi connectivity index (χ2n) is 5.82. The third-order valence-corrected chi connectivity index (χ3v) is 4.45. The van der Waals surface area contributed by atoms with E-state index < -0.39 is 5.67 Å². The van der Waals surface area contributed by atoms with Crippen molar-refractivity contribution in [3.05, 3.63) is 0 Å². The van der Waals surface area contributed by atoms with Crippen LogP contribution in [0.1, 0.15) is 52.9 Å². The van der Waals surface area contributed by atoms with Crippen LogP contribution in [0.15, 0.2) is 0 Å². The maximum atomic E-state index is 14.4. The minimum atomic E-state index is -0.906. The Morgan fingerprint density at radius 1 is 1.27 bits per heavy atom. The molecular formula is C13H24FN. The fourth-order valence-electron chi connectivity index (χ4n) is 3.55. The summed E-state index contributed by atoms with van der Waals surface area (Å²) in [5.74, 6) is 0.294. The maximum absolute atomic E-state index is 14.4. The third kappa shape index (κ3) is 2.06. The molecule has 0 spiro atoms. The molecule has 1 aliphatic heterocycles. The van der Waals surface area contributed by atoms with E-state index >= 15 is 0 Å². The van der Waals surface area contributed by atoms with Crippen molar-refractivity contribution in [3.8, 4) is 0 Å². The predicted octanol–water partition coefficient (Wildman–Crippen LogP) is 3.39. The van der Waals surface area contributed by atoms with Crippen LogP contribution in [0.5, 0.6) is 0 Å². The molecule has 2 aliphatic rings. The topological polar surface area (TPSA) is 3.24 Å². The van der Waals surface area contributed by atoms with Crippen molar-refractivity contribution in [3.63, 3.8) is 0 Å². The Kier molecular flexibility index (Phi) is 3.07. The molecule has 0 aromatic heterocycles. The number of piperidine rings is 1. The van der Waals surface area contributed by atoms with Gasteiger partial charge in [-0.1, -0.05) is 12.8 Å². The highest BCUT2D eigenvalue weighted by atomic mass is 19.1. The molecule has 1 nitrogen and oxygen atoms in total. The molecule has 1 aliphatic carbocycles. The second-order valence-corrected chi connectivity index (χ2v) is 5.82. The third-order valence-electron chi connectivity index (χ3n) is 4.45. The van der Waals surface area contributed by atoms with Gasteiger partial charge >= 0.3 is 0 Å². The summed E-state index contributed by atoms with van der Waals surface area (Å²) in [6.07, 6.45) is 5.56. The van der Waals surface area contributed by atoms with Crippen molar-refractivity contribution in [2.45, 2.75) is 70.6 Å². The molecule has 0 aromatic rings. The van der Waals surface area contributed by atoms with Gasteiger partial charge in [0.25, 0.3) is 0 Å². The Labute approximate surface area is 93.0 Å². The quantitative estimate of drug-likeness (QED) is 0.645. The molecule has 1 saturated carbocycles. The molecule has 15 heavy (non-hydrogen) atoms. The van der Waals surface area contributed by atoms with Crippen molar-refractivity contribution in [1.82, 2.24) is 4.90 Å². The van der Waals surface area contributed by atoms with E-state index in [1.54, 1.807) is 0 Å². The molecule has 0 amide bonds. The molecule has 3 atom stereocenters. The smallest absolute Gasteiger partial charge is 0.113 e. The first kappa shape index (κ1) is 11.4. The monoisotopic (exact) mass is 213 g/mol. The number of hydrogen-bond acceptors (Lipinski definition) is 1. The summed E-state index contributed by atoms with van der Waals surface area (Å²) >= 11 is 0. The molecule has 88 valence electrons.